The van der Waals surface area contributed by atoms with Crippen molar-refractivity contribution in [2.75, 3.05) is 31.5 Å². The SMILES string of the molecule is O=C(c1cc([N+](=O)[O-])ccc1NCc1ccccc1)N1CCNCC1. The fourth-order valence-corrected chi connectivity index (χ4v) is 2.81. The lowest BCUT2D eigenvalue weighted by atomic mass is 10.1. The van der Waals surface area contributed by atoms with Crippen LogP contribution in [0.5, 0.6) is 0 Å². The minimum atomic E-state index is -0.477. The van der Waals surface area contributed by atoms with Gasteiger partial charge in [-0.15, -0.1) is 0 Å². The first kappa shape index (κ1) is 16.9. The summed E-state index contributed by atoms with van der Waals surface area (Å²) in [6.45, 7) is 3.20. The van der Waals surface area contributed by atoms with Crippen molar-refractivity contribution >= 4 is 17.3 Å². The molecule has 1 saturated heterocycles. The van der Waals surface area contributed by atoms with Crippen molar-refractivity contribution in [3.8, 4) is 0 Å². The van der Waals surface area contributed by atoms with Gasteiger partial charge in [0.1, 0.15) is 0 Å². The van der Waals surface area contributed by atoms with E-state index >= 15 is 0 Å². The summed E-state index contributed by atoms with van der Waals surface area (Å²) < 4.78 is 0. The van der Waals surface area contributed by atoms with E-state index in [1.807, 2.05) is 30.3 Å². The third kappa shape index (κ3) is 4.13. The van der Waals surface area contributed by atoms with E-state index in [0.29, 0.717) is 30.9 Å². The number of nitro benzene ring substituents is 1. The van der Waals surface area contributed by atoms with E-state index in [1.54, 1.807) is 11.0 Å². The van der Waals surface area contributed by atoms with Crippen molar-refractivity contribution in [1.82, 2.24) is 10.2 Å². The predicted molar refractivity (Wildman–Crippen MR) is 95.6 cm³/mol. The number of rotatable bonds is 5. The first-order valence-corrected chi connectivity index (χ1v) is 8.21. The summed E-state index contributed by atoms with van der Waals surface area (Å²) in [5.41, 5.74) is 1.94. The number of anilines is 1. The van der Waals surface area contributed by atoms with E-state index in [9.17, 15) is 14.9 Å². The topological polar surface area (TPSA) is 87.5 Å². The second-order valence-electron chi connectivity index (χ2n) is 5.87. The molecule has 0 unspecified atom stereocenters. The molecule has 7 heteroatoms. The smallest absolute Gasteiger partial charge is 0.270 e. The maximum atomic E-state index is 12.8. The van der Waals surface area contributed by atoms with Gasteiger partial charge in [0.05, 0.1) is 10.5 Å². The van der Waals surface area contributed by atoms with Crippen LogP contribution in [-0.2, 0) is 6.54 Å². The Kier molecular flexibility index (Phi) is 5.25. The van der Waals surface area contributed by atoms with Gasteiger partial charge >= 0.3 is 0 Å². The number of amides is 1. The maximum Gasteiger partial charge on any atom is 0.270 e. The van der Waals surface area contributed by atoms with Crippen LogP contribution in [0.3, 0.4) is 0 Å². The Balaban J connectivity index is 1.85. The van der Waals surface area contributed by atoms with Crippen LogP contribution in [0.15, 0.2) is 48.5 Å². The minimum absolute atomic E-state index is 0.0799. The zero-order valence-electron chi connectivity index (χ0n) is 13.8. The second-order valence-corrected chi connectivity index (χ2v) is 5.87. The molecule has 0 bridgehead atoms. The molecule has 7 nitrogen and oxygen atoms in total. The van der Waals surface area contributed by atoms with E-state index in [1.165, 1.54) is 12.1 Å². The highest BCUT2D eigenvalue weighted by atomic mass is 16.6. The molecule has 0 atom stereocenters. The first-order chi connectivity index (χ1) is 12.1. The summed E-state index contributed by atoms with van der Waals surface area (Å²) in [6, 6.07) is 14.2. The van der Waals surface area contributed by atoms with Gasteiger partial charge in [0, 0.05) is 50.5 Å². The number of non-ortho nitro benzene ring substituents is 1. The maximum absolute atomic E-state index is 12.8. The molecular formula is C18H20N4O3. The van der Waals surface area contributed by atoms with Gasteiger partial charge in [-0.25, -0.2) is 0 Å². The summed E-state index contributed by atoms with van der Waals surface area (Å²) in [7, 11) is 0. The summed E-state index contributed by atoms with van der Waals surface area (Å²) in [6.07, 6.45) is 0. The molecule has 2 N–H and O–H groups in total. The van der Waals surface area contributed by atoms with Crippen LogP contribution in [0, 0.1) is 10.1 Å². The number of nitro groups is 1. The molecular weight excluding hydrogens is 320 g/mol. The predicted octanol–water partition coefficient (Wildman–Crippen LogP) is 2.25. The van der Waals surface area contributed by atoms with Crippen molar-refractivity contribution < 1.29 is 9.72 Å². The molecule has 1 aliphatic heterocycles. The monoisotopic (exact) mass is 340 g/mol. The lowest BCUT2D eigenvalue weighted by Gasteiger charge is -2.28. The standard InChI is InChI=1S/C18H20N4O3/c23-18(21-10-8-19-9-11-21)16-12-15(22(24)25)6-7-17(16)20-13-14-4-2-1-3-5-14/h1-7,12,19-20H,8-11,13H2. The van der Waals surface area contributed by atoms with Gasteiger partial charge in [-0.3, -0.25) is 14.9 Å². The molecule has 0 aliphatic carbocycles. The Morgan fingerprint density at radius 3 is 2.56 bits per heavy atom. The summed E-state index contributed by atoms with van der Waals surface area (Å²) in [5.74, 6) is -0.180. The van der Waals surface area contributed by atoms with Crippen LogP contribution < -0.4 is 10.6 Å². The zero-order valence-corrected chi connectivity index (χ0v) is 13.8. The molecule has 1 aliphatic rings. The summed E-state index contributed by atoms with van der Waals surface area (Å²) in [4.78, 5) is 25.2. The van der Waals surface area contributed by atoms with E-state index < -0.39 is 4.92 Å². The quantitative estimate of drug-likeness (QED) is 0.644. The molecule has 2 aromatic rings. The number of carbonyl (C=O) groups excluding carboxylic acids is 1. The number of hydrogen-bond donors (Lipinski definition) is 2. The normalized spacial score (nSPS) is 14.2. The molecule has 1 fully saturated rings. The van der Waals surface area contributed by atoms with E-state index in [0.717, 1.165) is 18.7 Å². The van der Waals surface area contributed by atoms with Crippen molar-refractivity contribution in [1.29, 1.82) is 0 Å². The molecule has 2 aromatic carbocycles. The highest BCUT2D eigenvalue weighted by Crippen LogP contribution is 2.24. The van der Waals surface area contributed by atoms with Gasteiger partial charge in [-0.05, 0) is 11.6 Å². The van der Waals surface area contributed by atoms with Crippen molar-refractivity contribution in [2.45, 2.75) is 6.54 Å². The Morgan fingerprint density at radius 1 is 1.16 bits per heavy atom. The number of piperazine rings is 1. The van der Waals surface area contributed by atoms with Crippen LogP contribution in [-0.4, -0.2) is 41.9 Å². The highest BCUT2D eigenvalue weighted by molar-refractivity contribution is 6.00. The number of nitrogens with one attached hydrogen (secondary N) is 2. The van der Waals surface area contributed by atoms with Gasteiger partial charge < -0.3 is 15.5 Å². The Morgan fingerprint density at radius 2 is 1.88 bits per heavy atom. The van der Waals surface area contributed by atoms with Gasteiger partial charge in [0.15, 0.2) is 0 Å². The summed E-state index contributed by atoms with van der Waals surface area (Å²) >= 11 is 0. The molecule has 0 radical (unpaired) electrons. The number of benzene rings is 2. The zero-order chi connectivity index (χ0) is 17.6. The first-order valence-electron chi connectivity index (χ1n) is 8.21. The molecule has 130 valence electrons. The fourth-order valence-electron chi connectivity index (χ4n) is 2.81. The molecule has 0 saturated carbocycles. The number of carbonyl (C=O) groups is 1. The molecule has 0 spiro atoms. The van der Waals surface area contributed by atoms with Crippen molar-refractivity contribution in [3.05, 3.63) is 69.8 Å². The molecule has 1 heterocycles. The Bertz CT molecular complexity index is 758. The van der Waals surface area contributed by atoms with Crippen molar-refractivity contribution in [2.24, 2.45) is 0 Å². The van der Waals surface area contributed by atoms with E-state index in [4.69, 9.17) is 0 Å². The lowest BCUT2D eigenvalue weighted by Crippen LogP contribution is -2.46. The average molecular weight is 340 g/mol. The summed E-state index contributed by atoms with van der Waals surface area (Å²) in [5, 5.41) is 17.5. The third-order valence-corrected chi connectivity index (χ3v) is 4.17. The molecule has 3 rings (SSSR count). The number of hydrogen-bond acceptors (Lipinski definition) is 5. The molecule has 25 heavy (non-hydrogen) atoms. The Labute approximate surface area is 145 Å². The van der Waals surface area contributed by atoms with Crippen LogP contribution in [0.2, 0.25) is 0 Å². The van der Waals surface area contributed by atoms with Gasteiger partial charge in [-0.1, -0.05) is 30.3 Å². The minimum Gasteiger partial charge on any atom is -0.380 e. The Hall–Kier alpha value is -2.93. The lowest BCUT2D eigenvalue weighted by molar-refractivity contribution is -0.384. The van der Waals surface area contributed by atoms with Gasteiger partial charge in [0.25, 0.3) is 11.6 Å². The molecule has 0 aromatic heterocycles. The van der Waals surface area contributed by atoms with E-state index in [2.05, 4.69) is 10.6 Å². The second kappa shape index (κ2) is 7.76. The van der Waals surface area contributed by atoms with Crippen LogP contribution in [0.25, 0.3) is 0 Å². The van der Waals surface area contributed by atoms with Crippen molar-refractivity contribution in [3.63, 3.8) is 0 Å². The largest absolute Gasteiger partial charge is 0.380 e. The fraction of sp³-hybridized carbons (Fsp3) is 0.278. The van der Waals surface area contributed by atoms with Gasteiger partial charge in [0.2, 0.25) is 0 Å². The molecule has 1 amide bonds. The van der Waals surface area contributed by atoms with Crippen LogP contribution in [0.1, 0.15) is 15.9 Å². The van der Waals surface area contributed by atoms with E-state index in [-0.39, 0.29) is 11.6 Å². The average Bonchev–Trinajstić information content (AvgIpc) is 2.67. The van der Waals surface area contributed by atoms with Crippen LogP contribution in [0.4, 0.5) is 11.4 Å². The van der Waals surface area contributed by atoms with Crippen LogP contribution >= 0.6 is 0 Å². The van der Waals surface area contributed by atoms with Gasteiger partial charge in [-0.2, -0.15) is 0 Å². The highest BCUT2D eigenvalue weighted by Gasteiger charge is 2.23. The number of nitrogens with zero attached hydrogens (tertiary/aromatic N) is 2. The third-order valence-electron chi connectivity index (χ3n) is 4.17.